The van der Waals surface area contributed by atoms with Crippen molar-refractivity contribution < 1.29 is 13.2 Å². The fraction of sp³-hybridized carbons (Fsp3) is 0.250. The Labute approximate surface area is 173 Å². The second-order valence-corrected chi connectivity index (χ2v) is 7.76. The highest BCUT2D eigenvalue weighted by atomic mass is 19.4. The highest BCUT2D eigenvalue weighted by Gasteiger charge is 2.35. The average Bonchev–Trinajstić information content (AvgIpc) is 3.03. The van der Waals surface area contributed by atoms with Crippen molar-refractivity contribution in [3.05, 3.63) is 83.0 Å². The quantitative estimate of drug-likeness (QED) is 0.380. The molecule has 154 valence electrons. The monoisotopic (exact) mass is 409 g/mol. The van der Waals surface area contributed by atoms with E-state index >= 15 is 0 Å². The second-order valence-electron chi connectivity index (χ2n) is 7.76. The Morgan fingerprint density at radius 2 is 1.63 bits per heavy atom. The Balaban J connectivity index is 1.90. The smallest absolute Gasteiger partial charge is 0.243 e. The van der Waals surface area contributed by atoms with E-state index in [2.05, 4.69) is 23.9 Å². The van der Waals surface area contributed by atoms with Gasteiger partial charge in [0.2, 0.25) is 0 Å². The topological polar surface area (TPSA) is 30.7 Å². The molecule has 2 heterocycles. The molecule has 0 aliphatic heterocycles. The summed E-state index contributed by atoms with van der Waals surface area (Å²) in [4.78, 5) is 4.61. The number of fused-ring (bicyclic) bond motifs is 1. The van der Waals surface area contributed by atoms with Crippen molar-refractivity contribution in [2.75, 3.05) is 0 Å². The van der Waals surface area contributed by atoms with E-state index in [0.717, 1.165) is 17.2 Å². The van der Waals surface area contributed by atoms with Crippen LogP contribution in [0.4, 0.5) is 13.2 Å². The molecule has 2 aromatic heterocycles. The minimum Gasteiger partial charge on any atom is -0.243 e. The van der Waals surface area contributed by atoms with Gasteiger partial charge in [0, 0.05) is 5.56 Å². The van der Waals surface area contributed by atoms with Crippen molar-refractivity contribution in [2.45, 2.75) is 39.4 Å². The second kappa shape index (κ2) is 7.59. The van der Waals surface area contributed by atoms with E-state index in [1.807, 2.05) is 54.6 Å². The first-order valence-corrected chi connectivity index (χ1v) is 9.83. The minimum absolute atomic E-state index is 0.0565. The molecule has 6 heteroatoms. The summed E-state index contributed by atoms with van der Waals surface area (Å²) >= 11 is 0. The van der Waals surface area contributed by atoms with Crippen molar-refractivity contribution in [3.63, 3.8) is 0 Å². The highest BCUT2D eigenvalue weighted by molar-refractivity contribution is 5.85. The number of hydrogen-bond donors (Lipinski definition) is 0. The van der Waals surface area contributed by atoms with Crippen LogP contribution >= 0.6 is 0 Å². The van der Waals surface area contributed by atoms with E-state index in [0.29, 0.717) is 29.4 Å². The fourth-order valence-corrected chi connectivity index (χ4v) is 3.63. The van der Waals surface area contributed by atoms with Crippen LogP contribution in [0.5, 0.6) is 0 Å². The van der Waals surface area contributed by atoms with E-state index in [1.54, 1.807) is 11.6 Å². The lowest BCUT2D eigenvalue weighted by molar-refractivity contribution is -0.136. The van der Waals surface area contributed by atoms with Crippen LogP contribution in [-0.2, 0) is 12.7 Å². The van der Waals surface area contributed by atoms with Gasteiger partial charge in [-0.3, -0.25) is 0 Å². The number of rotatable bonds is 4. The Kier molecular flexibility index (Phi) is 5.10. The third kappa shape index (κ3) is 3.82. The summed E-state index contributed by atoms with van der Waals surface area (Å²) in [5, 5.41) is 4.44. The summed E-state index contributed by atoms with van der Waals surface area (Å²) in [7, 11) is 0. The molecular formula is C24H22F3N3. The molecule has 0 N–H and O–H groups in total. The van der Waals surface area contributed by atoms with Gasteiger partial charge < -0.3 is 0 Å². The Bertz CT molecular complexity index is 1170. The van der Waals surface area contributed by atoms with E-state index in [9.17, 15) is 13.2 Å². The predicted octanol–water partition coefficient (Wildman–Crippen LogP) is 6.60. The number of aryl methyl sites for hydroxylation is 1. The highest BCUT2D eigenvalue weighted by Crippen LogP contribution is 2.38. The zero-order valence-corrected chi connectivity index (χ0v) is 17.0. The molecular weight excluding hydrogens is 387 g/mol. The van der Waals surface area contributed by atoms with Crippen LogP contribution in [0.15, 0.2) is 60.7 Å². The van der Waals surface area contributed by atoms with Gasteiger partial charge in [-0.05, 0) is 30.0 Å². The van der Waals surface area contributed by atoms with Gasteiger partial charge in [0.1, 0.15) is 0 Å². The van der Waals surface area contributed by atoms with Crippen molar-refractivity contribution >= 4 is 11.0 Å². The molecule has 0 atom stereocenters. The molecule has 0 aliphatic carbocycles. The zero-order chi connectivity index (χ0) is 21.5. The largest absolute Gasteiger partial charge is 0.417 e. The van der Waals surface area contributed by atoms with Crippen LogP contribution in [0.25, 0.3) is 22.3 Å². The SMILES string of the molecule is Cc1nn(Cc2ccccc2)c2nc(-c3ccc(C(C)C)cc3)cc(C(F)(F)F)c12. The number of hydrogen-bond acceptors (Lipinski definition) is 2. The molecule has 4 rings (SSSR count). The van der Waals surface area contributed by atoms with Crippen LogP contribution in [0.1, 0.15) is 42.1 Å². The number of alkyl halides is 3. The van der Waals surface area contributed by atoms with Gasteiger partial charge in [0.05, 0.1) is 28.9 Å². The molecule has 0 fully saturated rings. The molecule has 0 aliphatic rings. The van der Waals surface area contributed by atoms with Gasteiger partial charge in [-0.1, -0.05) is 68.4 Å². The summed E-state index contributed by atoms with van der Waals surface area (Å²) in [5.41, 5.74) is 2.88. The molecule has 3 nitrogen and oxygen atoms in total. The Morgan fingerprint density at radius 1 is 0.967 bits per heavy atom. The third-order valence-corrected chi connectivity index (χ3v) is 5.23. The lowest BCUT2D eigenvalue weighted by Gasteiger charge is -2.12. The van der Waals surface area contributed by atoms with E-state index in [1.165, 1.54) is 0 Å². The molecule has 0 bridgehead atoms. The summed E-state index contributed by atoms with van der Waals surface area (Å²) < 4.78 is 43.4. The third-order valence-electron chi connectivity index (χ3n) is 5.23. The van der Waals surface area contributed by atoms with Gasteiger partial charge in [0.15, 0.2) is 5.65 Å². The summed E-state index contributed by atoms with van der Waals surface area (Å²) in [6.45, 7) is 6.10. The predicted molar refractivity (Wildman–Crippen MR) is 112 cm³/mol. The Morgan fingerprint density at radius 3 is 2.23 bits per heavy atom. The lowest BCUT2D eigenvalue weighted by Crippen LogP contribution is -2.08. The first-order chi connectivity index (χ1) is 14.2. The average molecular weight is 409 g/mol. The van der Waals surface area contributed by atoms with Gasteiger partial charge in [-0.2, -0.15) is 18.3 Å². The normalized spacial score (nSPS) is 12.1. The van der Waals surface area contributed by atoms with Gasteiger partial charge in [-0.15, -0.1) is 0 Å². The van der Waals surface area contributed by atoms with Crippen molar-refractivity contribution in [3.8, 4) is 11.3 Å². The number of aromatic nitrogens is 3. The molecule has 0 saturated carbocycles. The van der Waals surface area contributed by atoms with Crippen LogP contribution in [0, 0.1) is 6.92 Å². The van der Waals surface area contributed by atoms with E-state index in [-0.39, 0.29) is 11.0 Å². The summed E-state index contributed by atoms with van der Waals surface area (Å²) in [5.74, 6) is 0.343. The van der Waals surface area contributed by atoms with Crippen molar-refractivity contribution in [2.24, 2.45) is 0 Å². The van der Waals surface area contributed by atoms with Crippen LogP contribution in [-0.4, -0.2) is 14.8 Å². The molecule has 0 unspecified atom stereocenters. The van der Waals surface area contributed by atoms with Crippen LogP contribution < -0.4 is 0 Å². The number of halogens is 3. The van der Waals surface area contributed by atoms with Gasteiger partial charge in [-0.25, -0.2) is 9.67 Å². The van der Waals surface area contributed by atoms with Crippen molar-refractivity contribution in [1.29, 1.82) is 0 Å². The molecule has 0 amide bonds. The standard InChI is InChI=1S/C24H22F3N3/c1-15(2)18-9-11-19(12-10-18)21-13-20(24(25,26)27)22-16(3)29-30(23(22)28-21)14-17-7-5-4-6-8-17/h4-13,15H,14H2,1-3H3. The van der Waals surface area contributed by atoms with Gasteiger partial charge >= 0.3 is 6.18 Å². The molecule has 0 saturated heterocycles. The summed E-state index contributed by atoms with van der Waals surface area (Å²) in [6, 6.07) is 18.2. The number of nitrogens with zero attached hydrogens (tertiary/aromatic N) is 3. The van der Waals surface area contributed by atoms with E-state index < -0.39 is 11.7 Å². The zero-order valence-electron chi connectivity index (χ0n) is 17.0. The summed E-state index contributed by atoms with van der Waals surface area (Å²) in [6.07, 6.45) is -4.50. The first-order valence-electron chi connectivity index (χ1n) is 9.83. The van der Waals surface area contributed by atoms with E-state index in [4.69, 9.17) is 0 Å². The van der Waals surface area contributed by atoms with Gasteiger partial charge in [0.25, 0.3) is 0 Å². The van der Waals surface area contributed by atoms with Crippen LogP contribution in [0.2, 0.25) is 0 Å². The molecule has 2 aromatic carbocycles. The minimum atomic E-state index is -4.50. The van der Waals surface area contributed by atoms with Crippen LogP contribution in [0.3, 0.4) is 0 Å². The maximum absolute atomic E-state index is 13.9. The molecule has 0 radical (unpaired) electrons. The number of benzene rings is 2. The molecule has 30 heavy (non-hydrogen) atoms. The maximum Gasteiger partial charge on any atom is 0.417 e. The number of pyridine rings is 1. The maximum atomic E-state index is 13.9. The molecule has 4 aromatic rings. The molecule has 0 spiro atoms. The lowest BCUT2D eigenvalue weighted by atomic mass is 9.99. The first kappa shape index (κ1) is 20.1. The Hall–Kier alpha value is -3.15. The fourth-order valence-electron chi connectivity index (χ4n) is 3.63. The van der Waals surface area contributed by atoms with Crippen molar-refractivity contribution in [1.82, 2.24) is 14.8 Å².